The molecule has 3 rings (SSSR count). The lowest BCUT2D eigenvalue weighted by Gasteiger charge is -2.17. The van der Waals surface area contributed by atoms with Crippen LogP contribution in [0, 0.1) is 5.82 Å². The molecule has 0 bridgehead atoms. The van der Waals surface area contributed by atoms with Gasteiger partial charge in [0.15, 0.2) is 0 Å². The number of methoxy groups -OCH3 is 1. The molecule has 0 unspecified atom stereocenters. The van der Waals surface area contributed by atoms with Crippen LogP contribution in [0.4, 0.5) is 21.6 Å². The Balaban J connectivity index is 1.94. The Morgan fingerprint density at radius 1 is 1.14 bits per heavy atom. The van der Waals surface area contributed by atoms with E-state index in [4.69, 9.17) is 10.5 Å². The number of amides is 1. The molecule has 0 aliphatic heterocycles. The van der Waals surface area contributed by atoms with Crippen molar-refractivity contribution in [2.45, 2.75) is 0 Å². The molecule has 0 aliphatic carbocycles. The first-order chi connectivity index (χ1) is 13.4. The van der Waals surface area contributed by atoms with Gasteiger partial charge in [0.05, 0.1) is 18.4 Å². The van der Waals surface area contributed by atoms with Crippen molar-refractivity contribution in [2.75, 3.05) is 31.4 Å². The molecule has 7 nitrogen and oxygen atoms in total. The van der Waals surface area contributed by atoms with Crippen molar-refractivity contribution in [3.05, 3.63) is 60.2 Å². The summed E-state index contributed by atoms with van der Waals surface area (Å²) in [5, 5.41) is 3.13. The molecule has 1 amide bonds. The number of benzene rings is 2. The Kier molecular flexibility index (Phi) is 5.39. The maximum Gasteiger partial charge on any atom is 0.250 e. The molecule has 0 saturated heterocycles. The third-order valence-electron chi connectivity index (χ3n) is 4.12. The number of aromatic nitrogens is 2. The fourth-order valence-corrected chi connectivity index (χ4v) is 2.80. The molecule has 144 valence electrons. The van der Waals surface area contributed by atoms with Gasteiger partial charge in [0.1, 0.15) is 23.7 Å². The lowest BCUT2D eigenvalue weighted by Crippen LogP contribution is -2.18. The largest absolute Gasteiger partial charge is 0.496 e. The number of ether oxygens (including phenoxy) is 1. The number of carbonyl (C=O) groups excluding carboxylic acids is 1. The van der Waals surface area contributed by atoms with Crippen molar-refractivity contribution < 1.29 is 13.9 Å². The van der Waals surface area contributed by atoms with E-state index >= 15 is 0 Å². The summed E-state index contributed by atoms with van der Waals surface area (Å²) < 4.78 is 18.7. The second-order valence-electron chi connectivity index (χ2n) is 6.25. The quantitative estimate of drug-likeness (QED) is 0.681. The van der Waals surface area contributed by atoms with Crippen LogP contribution in [-0.4, -0.2) is 37.1 Å². The SMILES string of the molecule is COc1cc(F)ccc1-c1cc(Nc2ccc(N(C)C)c(C(N)=O)c2)ncn1. The van der Waals surface area contributed by atoms with Gasteiger partial charge < -0.3 is 20.7 Å². The maximum atomic E-state index is 13.4. The first-order valence-corrected chi connectivity index (χ1v) is 8.43. The first kappa shape index (κ1) is 19.1. The molecule has 0 radical (unpaired) electrons. The van der Waals surface area contributed by atoms with Crippen LogP contribution in [0.15, 0.2) is 48.8 Å². The summed E-state index contributed by atoms with van der Waals surface area (Å²) in [6, 6.07) is 11.2. The zero-order valence-corrected chi connectivity index (χ0v) is 15.7. The Hall–Kier alpha value is -3.68. The minimum absolute atomic E-state index is 0.371. The number of nitrogens with two attached hydrogens (primary N) is 1. The van der Waals surface area contributed by atoms with E-state index < -0.39 is 11.7 Å². The average Bonchev–Trinajstić information content (AvgIpc) is 2.67. The average molecular weight is 381 g/mol. The van der Waals surface area contributed by atoms with E-state index in [2.05, 4.69) is 15.3 Å². The van der Waals surface area contributed by atoms with Crippen molar-refractivity contribution >= 4 is 23.1 Å². The molecule has 1 aromatic heterocycles. The van der Waals surface area contributed by atoms with E-state index in [1.54, 1.807) is 24.3 Å². The molecular weight excluding hydrogens is 361 g/mol. The number of nitrogens with one attached hydrogen (secondary N) is 1. The highest BCUT2D eigenvalue weighted by molar-refractivity contribution is 5.99. The van der Waals surface area contributed by atoms with Crippen LogP contribution in [0.3, 0.4) is 0 Å². The van der Waals surface area contributed by atoms with Crippen LogP contribution in [0.25, 0.3) is 11.3 Å². The summed E-state index contributed by atoms with van der Waals surface area (Å²) in [5.41, 5.74) is 8.46. The number of anilines is 3. The molecule has 0 aliphatic rings. The molecular formula is C20H20FN5O2. The standard InChI is InChI=1S/C20H20FN5O2/c1-26(2)17-7-5-13(9-15(17)20(22)27)25-19-10-16(23-11-24-19)14-6-4-12(21)8-18(14)28-3/h4-11H,1-3H3,(H2,22,27)(H,23,24,25). The van der Waals surface area contributed by atoms with Gasteiger partial charge in [-0.1, -0.05) is 0 Å². The monoisotopic (exact) mass is 381 g/mol. The predicted octanol–water partition coefficient (Wildman–Crippen LogP) is 3.20. The highest BCUT2D eigenvalue weighted by atomic mass is 19.1. The number of halogens is 1. The number of rotatable bonds is 6. The Morgan fingerprint density at radius 3 is 2.61 bits per heavy atom. The number of hydrogen-bond acceptors (Lipinski definition) is 6. The Bertz CT molecular complexity index is 1020. The summed E-state index contributed by atoms with van der Waals surface area (Å²) in [4.78, 5) is 22.0. The van der Waals surface area contributed by atoms with Crippen molar-refractivity contribution in [3.63, 3.8) is 0 Å². The molecule has 3 N–H and O–H groups in total. The van der Waals surface area contributed by atoms with Gasteiger partial charge in [0, 0.05) is 43.2 Å². The van der Waals surface area contributed by atoms with E-state index in [9.17, 15) is 9.18 Å². The zero-order valence-electron chi connectivity index (χ0n) is 15.7. The molecule has 0 saturated carbocycles. The minimum atomic E-state index is -0.522. The van der Waals surface area contributed by atoms with Gasteiger partial charge in [-0.15, -0.1) is 0 Å². The van der Waals surface area contributed by atoms with Crippen LogP contribution in [0.1, 0.15) is 10.4 Å². The molecule has 1 heterocycles. The summed E-state index contributed by atoms with van der Waals surface area (Å²) in [5.74, 6) is -0.0415. The van der Waals surface area contributed by atoms with Crippen molar-refractivity contribution in [2.24, 2.45) is 5.73 Å². The highest BCUT2D eigenvalue weighted by Gasteiger charge is 2.13. The fraction of sp³-hybridized carbons (Fsp3) is 0.150. The van der Waals surface area contributed by atoms with E-state index in [0.717, 1.165) is 5.69 Å². The van der Waals surface area contributed by atoms with Crippen LogP contribution >= 0.6 is 0 Å². The molecule has 2 aromatic carbocycles. The van der Waals surface area contributed by atoms with Gasteiger partial charge >= 0.3 is 0 Å². The van der Waals surface area contributed by atoms with Gasteiger partial charge in [0.2, 0.25) is 0 Å². The first-order valence-electron chi connectivity index (χ1n) is 8.43. The van der Waals surface area contributed by atoms with Gasteiger partial charge in [-0.3, -0.25) is 4.79 Å². The number of nitrogens with zero attached hydrogens (tertiary/aromatic N) is 3. The molecule has 0 spiro atoms. The second-order valence-corrected chi connectivity index (χ2v) is 6.25. The smallest absolute Gasteiger partial charge is 0.250 e. The van der Waals surface area contributed by atoms with Gasteiger partial charge in [-0.2, -0.15) is 0 Å². The van der Waals surface area contributed by atoms with Crippen LogP contribution < -0.4 is 20.7 Å². The third kappa shape index (κ3) is 4.01. The van der Waals surface area contributed by atoms with Gasteiger partial charge in [-0.25, -0.2) is 14.4 Å². The summed E-state index contributed by atoms with van der Waals surface area (Å²) >= 11 is 0. The minimum Gasteiger partial charge on any atom is -0.496 e. The van der Waals surface area contributed by atoms with Crippen LogP contribution in [0.2, 0.25) is 0 Å². The van der Waals surface area contributed by atoms with E-state index in [1.807, 2.05) is 25.1 Å². The lowest BCUT2D eigenvalue weighted by molar-refractivity contribution is 0.100. The van der Waals surface area contributed by atoms with E-state index in [0.29, 0.717) is 34.1 Å². The van der Waals surface area contributed by atoms with Gasteiger partial charge in [0.25, 0.3) is 5.91 Å². The van der Waals surface area contributed by atoms with Crippen molar-refractivity contribution in [3.8, 4) is 17.0 Å². The predicted molar refractivity (Wildman–Crippen MR) is 107 cm³/mol. The number of carbonyl (C=O) groups is 1. The lowest BCUT2D eigenvalue weighted by atomic mass is 10.1. The number of primary amides is 1. The highest BCUT2D eigenvalue weighted by Crippen LogP contribution is 2.31. The fourth-order valence-electron chi connectivity index (χ4n) is 2.80. The molecule has 0 atom stereocenters. The third-order valence-corrected chi connectivity index (χ3v) is 4.12. The Labute approximate surface area is 162 Å². The van der Waals surface area contributed by atoms with Crippen molar-refractivity contribution in [1.82, 2.24) is 9.97 Å². The maximum absolute atomic E-state index is 13.4. The summed E-state index contributed by atoms with van der Waals surface area (Å²) in [6.45, 7) is 0. The topological polar surface area (TPSA) is 93.4 Å². The summed E-state index contributed by atoms with van der Waals surface area (Å²) in [7, 11) is 5.14. The van der Waals surface area contributed by atoms with Crippen LogP contribution in [-0.2, 0) is 0 Å². The summed E-state index contributed by atoms with van der Waals surface area (Å²) in [6.07, 6.45) is 1.39. The van der Waals surface area contributed by atoms with E-state index in [-0.39, 0.29) is 0 Å². The molecule has 28 heavy (non-hydrogen) atoms. The number of hydrogen-bond donors (Lipinski definition) is 2. The molecule has 8 heteroatoms. The Morgan fingerprint density at radius 2 is 1.93 bits per heavy atom. The van der Waals surface area contributed by atoms with Crippen LogP contribution in [0.5, 0.6) is 5.75 Å². The van der Waals surface area contributed by atoms with Crippen molar-refractivity contribution in [1.29, 1.82) is 0 Å². The normalized spacial score (nSPS) is 10.4. The zero-order chi connectivity index (χ0) is 20.3. The van der Waals surface area contributed by atoms with Gasteiger partial charge in [-0.05, 0) is 30.3 Å². The molecule has 3 aromatic rings. The molecule has 0 fully saturated rings. The second kappa shape index (κ2) is 7.91. The van der Waals surface area contributed by atoms with E-state index in [1.165, 1.54) is 25.6 Å².